The molecule has 13 heteroatoms. The first-order valence-corrected chi connectivity index (χ1v) is 17.2. The predicted molar refractivity (Wildman–Crippen MR) is 197 cm³/mol. The first-order chi connectivity index (χ1) is 24.7. The maximum atomic E-state index is 14.1. The third-order valence-electron chi connectivity index (χ3n) is 9.08. The fourth-order valence-corrected chi connectivity index (χ4v) is 6.61. The molecule has 52 heavy (non-hydrogen) atoms. The van der Waals surface area contributed by atoms with Crippen LogP contribution in [0.3, 0.4) is 0 Å². The maximum absolute atomic E-state index is 14.1. The average Bonchev–Trinajstić information content (AvgIpc) is 3.61. The van der Waals surface area contributed by atoms with Gasteiger partial charge in [-0.1, -0.05) is 30.3 Å². The number of rotatable bonds is 15. The standard InChI is InChI=1S/C39H46F2N6O5/c1-23-17-28-29(38(4,5)52-37(28,2)3)19-24(23)18-25-13-14-26(51-25)21-50-22-44-33-34(48-7)46-36(47-35(33)49-8)43-16-15-42-31-20-32(39(6,40)41)45-30-12-10-9-11-27(30)31/h9-14,17,19-20,44H,15-16,18,21-22H2,1-8H3,(H,42,45)(H,43,46,47). The van der Waals surface area contributed by atoms with Crippen LogP contribution in [0.15, 0.2) is 59.0 Å². The summed E-state index contributed by atoms with van der Waals surface area (Å²) in [5.41, 5.74) is 5.33. The van der Waals surface area contributed by atoms with Crippen LogP contribution < -0.4 is 25.4 Å². The Morgan fingerprint density at radius 2 is 1.46 bits per heavy atom. The molecule has 4 heterocycles. The Morgan fingerprint density at radius 3 is 2.15 bits per heavy atom. The van der Waals surface area contributed by atoms with Crippen molar-refractivity contribution in [1.29, 1.82) is 0 Å². The highest BCUT2D eigenvalue weighted by molar-refractivity contribution is 5.91. The smallest absolute Gasteiger partial charge is 0.287 e. The van der Waals surface area contributed by atoms with Gasteiger partial charge in [-0.25, -0.2) is 4.98 Å². The number of nitrogens with one attached hydrogen (secondary N) is 3. The molecule has 11 nitrogen and oxygen atoms in total. The molecular weight excluding hydrogens is 670 g/mol. The van der Waals surface area contributed by atoms with E-state index in [2.05, 4.69) is 77.7 Å². The van der Waals surface area contributed by atoms with Crippen molar-refractivity contribution in [3.8, 4) is 11.8 Å². The molecule has 1 aliphatic rings. The predicted octanol–water partition coefficient (Wildman–Crippen LogP) is 8.26. The number of fused-ring (bicyclic) bond motifs is 2. The number of furan rings is 1. The monoisotopic (exact) mass is 716 g/mol. The lowest BCUT2D eigenvalue weighted by Crippen LogP contribution is -2.22. The van der Waals surface area contributed by atoms with Crippen LogP contribution in [0.2, 0.25) is 0 Å². The highest BCUT2D eigenvalue weighted by Crippen LogP contribution is 2.47. The zero-order valence-corrected chi connectivity index (χ0v) is 30.9. The molecule has 0 saturated heterocycles. The van der Waals surface area contributed by atoms with Gasteiger partial charge in [-0.2, -0.15) is 18.7 Å². The van der Waals surface area contributed by atoms with Gasteiger partial charge in [0.1, 0.15) is 30.6 Å². The lowest BCUT2D eigenvalue weighted by molar-refractivity contribution is -0.105. The number of ether oxygens (including phenoxy) is 4. The number of benzene rings is 2. The molecule has 0 spiro atoms. The number of pyridine rings is 1. The van der Waals surface area contributed by atoms with Crippen molar-refractivity contribution < 1.29 is 32.1 Å². The summed E-state index contributed by atoms with van der Waals surface area (Å²) in [6.45, 7) is 12.5. The topological polar surface area (TPSA) is 125 Å². The molecule has 3 N–H and O–H groups in total. The Hall–Kier alpha value is -5.01. The van der Waals surface area contributed by atoms with Gasteiger partial charge in [0.15, 0.2) is 5.69 Å². The van der Waals surface area contributed by atoms with Crippen LogP contribution in [-0.2, 0) is 39.6 Å². The van der Waals surface area contributed by atoms with E-state index in [9.17, 15) is 8.78 Å². The first kappa shape index (κ1) is 36.8. The zero-order chi connectivity index (χ0) is 37.3. The molecular formula is C39H46F2N6O5. The average molecular weight is 717 g/mol. The van der Waals surface area contributed by atoms with Crippen molar-refractivity contribution in [2.75, 3.05) is 50.0 Å². The first-order valence-electron chi connectivity index (χ1n) is 17.2. The number of nitrogens with zero attached hydrogens (tertiary/aromatic N) is 3. The number of aryl methyl sites for hydroxylation is 1. The molecule has 0 aliphatic carbocycles. The van der Waals surface area contributed by atoms with Crippen molar-refractivity contribution in [3.63, 3.8) is 0 Å². The van der Waals surface area contributed by atoms with Gasteiger partial charge >= 0.3 is 0 Å². The summed E-state index contributed by atoms with van der Waals surface area (Å²) in [5, 5.41) is 10.2. The molecule has 0 unspecified atom stereocenters. The molecule has 3 aromatic heterocycles. The largest absolute Gasteiger partial charge is 0.479 e. The van der Waals surface area contributed by atoms with E-state index in [0.29, 0.717) is 42.2 Å². The zero-order valence-electron chi connectivity index (χ0n) is 30.9. The third kappa shape index (κ3) is 7.90. The number of hydrogen-bond donors (Lipinski definition) is 3. The number of halogens is 2. The second-order valence-electron chi connectivity index (χ2n) is 13.9. The molecule has 5 aromatic rings. The van der Waals surface area contributed by atoms with E-state index in [1.165, 1.54) is 42.5 Å². The number of para-hydroxylation sites is 1. The summed E-state index contributed by atoms with van der Waals surface area (Å²) in [6, 6.07) is 16.9. The van der Waals surface area contributed by atoms with Gasteiger partial charge in [-0.05, 0) is 81.1 Å². The van der Waals surface area contributed by atoms with Crippen LogP contribution in [0.4, 0.5) is 26.1 Å². The van der Waals surface area contributed by atoms with Crippen LogP contribution in [0, 0.1) is 6.92 Å². The van der Waals surface area contributed by atoms with Crippen molar-refractivity contribution in [1.82, 2.24) is 15.0 Å². The number of aromatic nitrogens is 3. The Morgan fingerprint density at radius 1 is 0.808 bits per heavy atom. The molecule has 0 saturated carbocycles. The highest BCUT2D eigenvalue weighted by Gasteiger charge is 2.43. The number of hydrogen-bond acceptors (Lipinski definition) is 11. The van der Waals surface area contributed by atoms with Gasteiger partial charge in [0, 0.05) is 37.5 Å². The Labute approximate surface area is 302 Å². The van der Waals surface area contributed by atoms with Crippen molar-refractivity contribution >= 4 is 28.2 Å². The van der Waals surface area contributed by atoms with Gasteiger partial charge < -0.3 is 39.3 Å². The van der Waals surface area contributed by atoms with E-state index in [-0.39, 0.29) is 47.9 Å². The molecule has 0 fully saturated rings. The molecule has 0 bridgehead atoms. The fraction of sp³-hybridized carbons (Fsp3) is 0.410. The van der Waals surface area contributed by atoms with E-state index in [1.807, 2.05) is 24.3 Å². The van der Waals surface area contributed by atoms with Gasteiger partial charge in [0.2, 0.25) is 17.7 Å². The molecule has 0 amide bonds. The van der Waals surface area contributed by atoms with Gasteiger partial charge in [0.25, 0.3) is 5.92 Å². The molecule has 6 rings (SSSR count). The summed E-state index contributed by atoms with van der Waals surface area (Å²) in [4.78, 5) is 13.0. The minimum atomic E-state index is -3.07. The highest BCUT2D eigenvalue weighted by atomic mass is 19.3. The summed E-state index contributed by atoms with van der Waals surface area (Å²) in [7, 11) is 2.99. The SMILES string of the molecule is COc1nc(NCCNc2cc(C(C)(F)F)nc3ccccc23)nc(OC)c1NCOCc1ccc(Cc2cc3c(cc2C)C(C)(C)OC3(C)C)o1. The second kappa shape index (κ2) is 14.5. The number of methoxy groups -OCH3 is 2. The Balaban J connectivity index is 1.03. The van der Waals surface area contributed by atoms with Crippen molar-refractivity contribution in [2.24, 2.45) is 0 Å². The molecule has 276 valence electrons. The van der Waals surface area contributed by atoms with Gasteiger partial charge in [0.05, 0.1) is 30.9 Å². The second-order valence-corrected chi connectivity index (χ2v) is 13.9. The third-order valence-corrected chi connectivity index (χ3v) is 9.08. The molecule has 1 aliphatic heterocycles. The number of alkyl halides is 2. The van der Waals surface area contributed by atoms with Gasteiger partial charge in [-0.15, -0.1) is 0 Å². The minimum Gasteiger partial charge on any atom is -0.479 e. The molecule has 2 aromatic carbocycles. The molecule has 0 radical (unpaired) electrons. The van der Waals surface area contributed by atoms with Crippen LogP contribution in [0.25, 0.3) is 10.9 Å². The van der Waals surface area contributed by atoms with Crippen LogP contribution in [-0.4, -0.2) is 49.0 Å². The van der Waals surface area contributed by atoms with Crippen molar-refractivity contribution in [3.05, 3.63) is 94.1 Å². The lowest BCUT2D eigenvalue weighted by Gasteiger charge is -2.24. The van der Waals surface area contributed by atoms with Crippen LogP contribution >= 0.6 is 0 Å². The van der Waals surface area contributed by atoms with Crippen molar-refractivity contribution in [2.45, 2.75) is 71.7 Å². The summed E-state index contributed by atoms with van der Waals surface area (Å²) >= 11 is 0. The molecule has 0 atom stereocenters. The normalized spacial score (nSPS) is 14.7. The van der Waals surface area contributed by atoms with Crippen LogP contribution in [0.5, 0.6) is 11.8 Å². The summed E-state index contributed by atoms with van der Waals surface area (Å²) in [5.74, 6) is -0.753. The van der Waals surface area contributed by atoms with Gasteiger partial charge in [-0.3, -0.25) is 0 Å². The van der Waals surface area contributed by atoms with Crippen LogP contribution in [0.1, 0.15) is 74.1 Å². The van der Waals surface area contributed by atoms with E-state index >= 15 is 0 Å². The van der Waals surface area contributed by atoms with E-state index < -0.39 is 5.92 Å². The number of anilines is 3. The van der Waals surface area contributed by atoms with E-state index in [0.717, 1.165) is 18.1 Å². The van der Waals surface area contributed by atoms with E-state index in [4.69, 9.17) is 23.4 Å². The summed E-state index contributed by atoms with van der Waals surface area (Å²) in [6.07, 6.45) is 0.662. The minimum absolute atomic E-state index is 0.107. The quantitative estimate of drug-likeness (QED) is 0.0717. The lowest BCUT2D eigenvalue weighted by atomic mass is 9.86. The summed E-state index contributed by atoms with van der Waals surface area (Å²) < 4.78 is 57.6. The fourth-order valence-electron chi connectivity index (χ4n) is 6.61. The maximum Gasteiger partial charge on any atom is 0.287 e. The Bertz CT molecular complexity index is 2030. The van der Waals surface area contributed by atoms with E-state index in [1.54, 1.807) is 12.1 Å². The Kier molecular flexibility index (Phi) is 10.3.